The Labute approximate surface area is 190 Å². The fraction of sp³-hybridized carbons (Fsp3) is 0.500. The van der Waals surface area contributed by atoms with Crippen molar-refractivity contribution in [3.8, 4) is 11.4 Å². The summed E-state index contributed by atoms with van der Waals surface area (Å²) < 4.78 is 35.5. The number of pyridine rings is 1. The number of halogens is 2. The lowest BCUT2D eigenvalue weighted by atomic mass is 9.97. The molecule has 1 aliphatic carbocycles. The third-order valence-corrected chi connectivity index (χ3v) is 6.71. The first kappa shape index (κ1) is 20.7. The van der Waals surface area contributed by atoms with Crippen molar-refractivity contribution in [2.75, 3.05) is 24.6 Å². The van der Waals surface area contributed by atoms with Crippen molar-refractivity contribution >= 4 is 22.6 Å². The Morgan fingerprint density at radius 2 is 1.91 bits per heavy atom. The van der Waals surface area contributed by atoms with Crippen LogP contribution in [0.3, 0.4) is 0 Å². The Hall–Kier alpha value is -2.94. The van der Waals surface area contributed by atoms with Crippen molar-refractivity contribution in [1.82, 2.24) is 24.5 Å². The summed E-state index contributed by atoms with van der Waals surface area (Å²) in [6, 6.07) is 2.08. The summed E-state index contributed by atoms with van der Waals surface area (Å²) >= 11 is 0. The number of alkyl halides is 2. The van der Waals surface area contributed by atoms with E-state index in [0.717, 1.165) is 29.1 Å². The first-order valence-electron chi connectivity index (χ1n) is 11.4. The van der Waals surface area contributed by atoms with Crippen molar-refractivity contribution in [3.05, 3.63) is 35.4 Å². The Balaban J connectivity index is 1.54. The third-order valence-electron chi connectivity index (χ3n) is 6.71. The van der Waals surface area contributed by atoms with Gasteiger partial charge in [-0.2, -0.15) is 0 Å². The molecule has 1 saturated heterocycles. The van der Waals surface area contributed by atoms with Gasteiger partial charge in [0.15, 0.2) is 22.8 Å². The van der Waals surface area contributed by atoms with E-state index in [9.17, 15) is 8.78 Å². The maximum absolute atomic E-state index is 13.8. The molecule has 0 saturated carbocycles. The maximum atomic E-state index is 13.8. The molecule has 3 aliphatic rings. The molecule has 0 spiro atoms. The molecule has 5 heterocycles. The van der Waals surface area contributed by atoms with Gasteiger partial charge in [0, 0.05) is 30.3 Å². The number of hydrogen-bond donors (Lipinski definition) is 0. The van der Waals surface area contributed by atoms with E-state index in [2.05, 4.69) is 31.0 Å². The highest BCUT2D eigenvalue weighted by Crippen LogP contribution is 2.39. The first-order valence-corrected chi connectivity index (χ1v) is 11.4. The van der Waals surface area contributed by atoms with Crippen LogP contribution in [0.5, 0.6) is 0 Å². The molecule has 3 aromatic rings. The molecule has 0 atom stereocenters. The zero-order chi connectivity index (χ0) is 23.1. The van der Waals surface area contributed by atoms with Crippen LogP contribution >= 0.6 is 0 Å². The minimum absolute atomic E-state index is 0.372. The van der Waals surface area contributed by atoms with E-state index < -0.39 is 11.5 Å². The molecule has 0 unspecified atom stereocenters. The van der Waals surface area contributed by atoms with Gasteiger partial charge in [0.25, 0.3) is 5.92 Å². The van der Waals surface area contributed by atoms with Crippen LogP contribution in [-0.4, -0.2) is 50.1 Å². The minimum Gasteiger partial charge on any atom is -0.366 e. The topological polar surface area (TPSA) is 69.0 Å². The number of anilines is 1. The predicted octanol–water partition coefficient (Wildman–Crippen LogP) is 4.20. The third kappa shape index (κ3) is 3.16. The predicted molar refractivity (Wildman–Crippen MR) is 121 cm³/mol. The molecular weight excluding hydrogens is 426 g/mol. The lowest BCUT2D eigenvalue weighted by Crippen LogP contribution is -2.56. The van der Waals surface area contributed by atoms with Crippen LogP contribution in [0.25, 0.3) is 28.1 Å². The number of allylic oxidation sites excluding steroid dienone is 2. The highest BCUT2D eigenvalue weighted by Gasteiger charge is 2.46. The highest BCUT2D eigenvalue weighted by molar-refractivity contribution is 5.87. The lowest BCUT2D eigenvalue weighted by molar-refractivity contribution is -0.0530. The molecule has 2 aliphatic heterocycles. The van der Waals surface area contributed by atoms with Gasteiger partial charge >= 0.3 is 0 Å². The summed E-state index contributed by atoms with van der Waals surface area (Å²) in [5, 5.41) is 0. The highest BCUT2D eigenvalue weighted by atomic mass is 19.3. The van der Waals surface area contributed by atoms with Crippen LogP contribution in [0, 0.1) is 5.92 Å². The summed E-state index contributed by atoms with van der Waals surface area (Å²) in [7, 11) is 0. The summed E-state index contributed by atoms with van der Waals surface area (Å²) in [4.78, 5) is 20.7. The smallest absolute Gasteiger partial charge is 0.282 e. The number of rotatable bonds is 3. The molecular formula is C24H26F2N6O. The average molecular weight is 453 g/mol. The van der Waals surface area contributed by atoms with Crippen molar-refractivity contribution in [2.24, 2.45) is 5.92 Å². The fourth-order valence-electron chi connectivity index (χ4n) is 5.02. The monoisotopic (exact) mass is 452 g/mol. The van der Waals surface area contributed by atoms with Gasteiger partial charge in [-0.25, -0.2) is 23.7 Å². The van der Waals surface area contributed by atoms with Gasteiger partial charge in [-0.05, 0) is 31.4 Å². The van der Waals surface area contributed by atoms with Gasteiger partial charge in [0.2, 0.25) is 0 Å². The van der Waals surface area contributed by atoms with Crippen LogP contribution in [0.2, 0.25) is 0 Å². The summed E-state index contributed by atoms with van der Waals surface area (Å²) in [5.74, 6) is -0.676. The first-order chi connectivity index (χ1) is 15.6. The van der Waals surface area contributed by atoms with Crippen molar-refractivity contribution in [1.29, 1.82) is 0 Å². The zero-order valence-corrected chi connectivity index (χ0v) is 19.2. The van der Waals surface area contributed by atoms with E-state index in [1.807, 2.05) is 18.4 Å². The Morgan fingerprint density at radius 3 is 2.64 bits per heavy atom. The average Bonchev–Trinajstić information content (AvgIpc) is 3.33. The molecule has 1 fully saturated rings. The molecule has 172 valence electrons. The Kier molecular flexibility index (Phi) is 4.25. The molecule has 0 amide bonds. The second-order valence-electron chi connectivity index (χ2n) is 9.94. The van der Waals surface area contributed by atoms with Gasteiger partial charge < -0.3 is 14.2 Å². The van der Waals surface area contributed by atoms with Crippen molar-refractivity contribution in [3.63, 3.8) is 0 Å². The SMILES string of the molecule is CC(C)C1=CCc2ncc(-c3nc(N4CC(F)(F)C4)c4nc5n(c4n3)CCOC5(C)C)cc21. The summed E-state index contributed by atoms with van der Waals surface area (Å²) in [5.41, 5.74) is 4.81. The molecule has 3 aromatic heterocycles. The number of imidazole rings is 1. The Morgan fingerprint density at radius 1 is 1.12 bits per heavy atom. The quantitative estimate of drug-likeness (QED) is 0.593. The molecule has 0 radical (unpaired) electrons. The van der Waals surface area contributed by atoms with E-state index in [1.54, 1.807) is 11.1 Å². The van der Waals surface area contributed by atoms with Gasteiger partial charge in [-0.1, -0.05) is 19.9 Å². The minimum atomic E-state index is -2.72. The largest absolute Gasteiger partial charge is 0.366 e. The lowest BCUT2D eigenvalue weighted by Gasteiger charge is -2.39. The standard InChI is InChI=1S/C24H26F2N6O/c1-13(2)15-5-6-17-16(15)9-14(10-27-17)19-29-20(31-11-24(25,26)12-31)18-21(30-19)32-7-8-33-23(3,4)22(32)28-18/h5,9-10,13H,6-8,11-12H2,1-4H3. The zero-order valence-electron chi connectivity index (χ0n) is 19.2. The number of ether oxygens (including phenoxy) is 1. The van der Waals surface area contributed by atoms with E-state index in [-0.39, 0.29) is 13.1 Å². The van der Waals surface area contributed by atoms with Gasteiger partial charge in [-0.3, -0.25) is 4.98 Å². The number of hydrogen-bond acceptors (Lipinski definition) is 6. The van der Waals surface area contributed by atoms with E-state index in [0.29, 0.717) is 41.9 Å². The van der Waals surface area contributed by atoms with Crippen LogP contribution < -0.4 is 4.90 Å². The van der Waals surface area contributed by atoms with Gasteiger partial charge in [0.1, 0.15) is 11.4 Å². The van der Waals surface area contributed by atoms with E-state index >= 15 is 0 Å². The van der Waals surface area contributed by atoms with Crippen LogP contribution in [0.1, 0.15) is 44.8 Å². The van der Waals surface area contributed by atoms with Crippen molar-refractivity contribution in [2.45, 2.75) is 52.2 Å². The summed E-state index contributed by atoms with van der Waals surface area (Å²) in [6.45, 7) is 8.64. The molecule has 9 heteroatoms. The molecule has 7 nitrogen and oxygen atoms in total. The maximum Gasteiger partial charge on any atom is 0.282 e. The molecule has 6 rings (SSSR count). The number of nitrogens with zero attached hydrogens (tertiary/aromatic N) is 6. The van der Waals surface area contributed by atoms with E-state index in [4.69, 9.17) is 19.7 Å². The van der Waals surface area contributed by atoms with Gasteiger partial charge in [-0.15, -0.1) is 0 Å². The Bertz CT molecular complexity index is 1320. The molecule has 0 bridgehead atoms. The number of aromatic nitrogens is 5. The van der Waals surface area contributed by atoms with Crippen LogP contribution in [0.4, 0.5) is 14.6 Å². The second-order valence-corrected chi connectivity index (χ2v) is 9.94. The fourth-order valence-corrected chi connectivity index (χ4v) is 5.02. The summed E-state index contributed by atoms with van der Waals surface area (Å²) in [6.07, 6.45) is 4.83. The van der Waals surface area contributed by atoms with E-state index in [1.165, 1.54) is 5.57 Å². The molecule has 0 aromatic carbocycles. The van der Waals surface area contributed by atoms with Crippen molar-refractivity contribution < 1.29 is 13.5 Å². The molecule has 33 heavy (non-hydrogen) atoms. The normalized spacial score (nSPS) is 20.6. The number of fused-ring (bicyclic) bond motifs is 4. The second kappa shape index (κ2) is 6.79. The molecule has 0 N–H and O–H groups in total. The van der Waals surface area contributed by atoms with Crippen LogP contribution in [0.15, 0.2) is 18.3 Å². The van der Waals surface area contributed by atoms with Gasteiger partial charge in [0.05, 0.1) is 25.4 Å². The van der Waals surface area contributed by atoms with Crippen LogP contribution in [-0.2, 0) is 23.3 Å².